The maximum absolute atomic E-state index is 13.6. The number of hydrogen-bond acceptors (Lipinski definition) is 2. The lowest BCUT2D eigenvalue weighted by Crippen LogP contribution is -2.14. The number of carbonyl (C=O) groups excluding carboxylic acids is 1. The molecule has 3 aromatic rings. The van der Waals surface area contributed by atoms with Gasteiger partial charge in [0.1, 0.15) is 5.82 Å². The monoisotopic (exact) mass is 289 g/mol. The molecule has 0 atom stereocenters. The first-order valence-electron chi connectivity index (χ1n) is 5.84. The molecule has 1 aromatic heterocycles. The Morgan fingerprint density at radius 2 is 2.05 bits per heavy atom. The second kappa shape index (κ2) is 4.94. The van der Waals surface area contributed by atoms with E-state index >= 15 is 0 Å². The number of hydrogen-bond donors (Lipinski definition) is 2. The van der Waals surface area contributed by atoms with Crippen LogP contribution in [-0.4, -0.2) is 16.1 Å². The van der Waals surface area contributed by atoms with E-state index in [0.29, 0.717) is 10.8 Å². The van der Waals surface area contributed by atoms with Gasteiger partial charge in [0.05, 0.1) is 11.1 Å². The van der Waals surface area contributed by atoms with Gasteiger partial charge in [-0.2, -0.15) is 5.10 Å². The van der Waals surface area contributed by atoms with E-state index in [1.807, 2.05) is 24.3 Å². The summed E-state index contributed by atoms with van der Waals surface area (Å²) < 4.78 is 13.6. The zero-order valence-corrected chi connectivity index (χ0v) is 10.9. The normalized spacial score (nSPS) is 10.7. The number of amides is 1. The highest BCUT2D eigenvalue weighted by Gasteiger charge is 2.15. The summed E-state index contributed by atoms with van der Waals surface area (Å²) in [6, 6.07) is 11.1. The Kier molecular flexibility index (Phi) is 3.12. The predicted octanol–water partition coefficient (Wildman–Crippen LogP) is 3.61. The van der Waals surface area contributed by atoms with Gasteiger partial charge in [0.15, 0.2) is 5.82 Å². The van der Waals surface area contributed by atoms with E-state index in [2.05, 4.69) is 15.5 Å². The fourth-order valence-corrected chi connectivity index (χ4v) is 2.08. The zero-order valence-electron chi connectivity index (χ0n) is 10.2. The van der Waals surface area contributed by atoms with Gasteiger partial charge in [-0.1, -0.05) is 23.7 Å². The number of para-hydroxylation sites is 1. The van der Waals surface area contributed by atoms with Gasteiger partial charge >= 0.3 is 0 Å². The molecule has 0 unspecified atom stereocenters. The van der Waals surface area contributed by atoms with E-state index in [-0.39, 0.29) is 5.56 Å². The minimum absolute atomic E-state index is 0.121. The molecular weight excluding hydrogens is 281 g/mol. The largest absolute Gasteiger partial charge is 0.304 e. The summed E-state index contributed by atoms with van der Waals surface area (Å²) >= 11 is 5.77. The number of fused-ring (bicyclic) bond motifs is 1. The molecule has 0 spiro atoms. The average molecular weight is 290 g/mol. The molecule has 20 heavy (non-hydrogen) atoms. The van der Waals surface area contributed by atoms with Gasteiger partial charge < -0.3 is 5.32 Å². The SMILES string of the molecule is O=C(Nc1n[nH]c2ccccc12)c1cc(Cl)ccc1F. The molecule has 100 valence electrons. The predicted molar refractivity (Wildman–Crippen MR) is 75.5 cm³/mol. The quantitative estimate of drug-likeness (QED) is 0.757. The van der Waals surface area contributed by atoms with E-state index in [0.717, 1.165) is 17.0 Å². The number of nitrogens with one attached hydrogen (secondary N) is 2. The summed E-state index contributed by atoms with van der Waals surface area (Å²) in [5.41, 5.74) is 0.666. The van der Waals surface area contributed by atoms with Gasteiger partial charge in [-0.05, 0) is 30.3 Å². The molecule has 0 aliphatic carbocycles. The summed E-state index contributed by atoms with van der Waals surface area (Å²) in [7, 11) is 0. The standard InChI is InChI=1S/C14H9ClFN3O/c15-8-5-6-11(16)10(7-8)14(20)17-13-9-3-1-2-4-12(9)18-19-13/h1-7H,(H2,17,18,19,20). The van der Waals surface area contributed by atoms with Crippen molar-refractivity contribution in [2.24, 2.45) is 0 Å². The lowest BCUT2D eigenvalue weighted by molar-refractivity contribution is 0.102. The van der Waals surface area contributed by atoms with Crippen LogP contribution < -0.4 is 5.32 Å². The first-order valence-corrected chi connectivity index (χ1v) is 6.22. The van der Waals surface area contributed by atoms with Crippen LogP contribution in [0, 0.1) is 5.82 Å². The fourth-order valence-electron chi connectivity index (χ4n) is 1.91. The second-order valence-electron chi connectivity index (χ2n) is 4.20. The maximum Gasteiger partial charge on any atom is 0.259 e. The van der Waals surface area contributed by atoms with E-state index in [1.165, 1.54) is 12.1 Å². The van der Waals surface area contributed by atoms with E-state index in [9.17, 15) is 9.18 Å². The van der Waals surface area contributed by atoms with Crippen molar-refractivity contribution in [1.29, 1.82) is 0 Å². The van der Waals surface area contributed by atoms with Crippen molar-refractivity contribution in [3.63, 3.8) is 0 Å². The van der Waals surface area contributed by atoms with Crippen LogP contribution in [0.1, 0.15) is 10.4 Å². The van der Waals surface area contributed by atoms with Crippen molar-refractivity contribution >= 4 is 34.2 Å². The summed E-state index contributed by atoms with van der Waals surface area (Å²) in [6.45, 7) is 0. The first-order chi connectivity index (χ1) is 9.65. The minimum atomic E-state index is -0.633. The molecule has 0 bridgehead atoms. The molecule has 1 heterocycles. The Hall–Kier alpha value is -2.40. The van der Waals surface area contributed by atoms with Crippen LogP contribution >= 0.6 is 11.6 Å². The van der Waals surface area contributed by atoms with Gasteiger partial charge in [-0.15, -0.1) is 0 Å². The van der Waals surface area contributed by atoms with E-state index in [1.54, 1.807) is 0 Å². The molecule has 0 saturated heterocycles. The molecule has 0 fully saturated rings. The van der Waals surface area contributed by atoms with Crippen LogP contribution in [0.4, 0.5) is 10.2 Å². The van der Waals surface area contributed by atoms with Crippen LogP contribution in [0.15, 0.2) is 42.5 Å². The van der Waals surface area contributed by atoms with Gasteiger partial charge in [0.2, 0.25) is 0 Å². The molecule has 0 radical (unpaired) electrons. The highest BCUT2D eigenvalue weighted by atomic mass is 35.5. The molecule has 0 aliphatic rings. The summed E-state index contributed by atoms with van der Waals surface area (Å²) in [5.74, 6) is -0.876. The van der Waals surface area contributed by atoms with Crippen molar-refractivity contribution in [3.8, 4) is 0 Å². The van der Waals surface area contributed by atoms with Crippen LogP contribution in [0.5, 0.6) is 0 Å². The second-order valence-corrected chi connectivity index (χ2v) is 4.63. The molecule has 6 heteroatoms. The van der Waals surface area contributed by atoms with Gasteiger partial charge in [0.25, 0.3) is 5.91 Å². The molecule has 2 N–H and O–H groups in total. The van der Waals surface area contributed by atoms with Crippen molar-refractivity contribution < 1.29 is 9.18 Å². The molecule has 0 saturated carbocycles. The number of halogens is 2. The van der Waals surface area contributed by atoms with Gasteiger partial charge in [-0.3, -0.25) is 9.89 Å². The summed E-state index contributed by atoms with van der Waals surface area (Å²) in [6.07, 6.45) is 0. The van der Waals surface area contributed by atoms with Crippen LogP contribution in [-0.2, 0) is 0 Å². The lowest BCUT2D eigenvalue weighted by atomic mass is 10.2. The number of rotatable bonds is 2. The number of benzene rings is 2. The Bertz CT molecular complexity index is 800. The molecular formula is C14H9ClFN3O. The van der Waals surface area contributed by atoms with Gasteiger partial charge in [-0.25, -0.2) is 4.39 Å². The molecule has 0 aliphatic heterocycles. The topological polar surface area (TPSA) is 57.8 Å². The molecule has 1 amide bonds. The fraction of sp³-hybridized carbons (Fsp3) is 0. The number of aromatic amines is 1. The average Bonchev–Trinajstić information content (AvgIpc) is 2.85. The van der Waals surface area contributed by atoms with E-state index < -0.39 is 11.7 Å². The summed E-state index contributed by atoms with van der Waals surface area (Å²) in [5, 5.41) is 10.4. The molecule has 2 aromatic carbocycles. The Balaban J connectivity index is 1.94. The Morgan fingerprint density at radius 3 is 2.90 bits per heavy atom. The first kappa shape index (κ1) is 12.6. The maximum atomic E-state index is 13.6. The highest BCUT2D eigenvalue weighted by molar-refractivity contribution is 6.31. The highest BCUT2D eigenvalue weighted by Crippen LogP contribution is 2.21. The number of H-pyrrole nitrogens is 1. The Morgan fingerprint density at radius 1 is 1.25 bits per heavy atom. The molecule has 4 nitrogen and oxygen atoms in total. The number of anilines is 1. The number of nitrogens with zero attached hydrogens (tertiary/aromatic N) is 1. The van der Waals surface area contributed by atoms with Crippen molar-refractivity contribution in [2.75, 3.05) is 5.32 Å². The summed E-state index contributed by atoms with van der Waals surface area (Å²) in [4.78, 5) is 12.1. The van der Waals surface area contributed by atoms with Crippen molar-refractivity contribution in [3.05, 3.63) is 58.9 Å². The van der Waals surface area contributed by atoms with Crippen LogP contribution in [0.3, 0.4) is 0 Å². The van der Waals surface area contributed by atoms with Crippen LogP contribution in [0.2, 0.25) is 5.02 Å². The lowest BCUT2D eigenvalue weighted by Gasteiger charge is -2.04. The smallest absolute Gasteiger partial charge is 0.259 e. The zero-order chi connectivity index (χ0) is 14.1. The number of carbonyl (C=O) groups is 1. The van der Waals surface area contributed by atoms with Crippen molar-refractivity contribution in [1.82, 2.24) is 10.2 Å². The van der Waals surface area contributed by atoms with Gasteiger partial charge in [0, 0.05) is 10.4 Å². The van der Waals surface area contributed by atoms with Crippen LogP contribution in [0.25, 0.3) is 10.9 Å². The third-order valence-electron chi connectivity index (χ3n) is 2.88. The number of aromatic nitrogens is 2. The minimum Gasteiger partial charge on any atom is -0.304 e. The van der Waals surface area contributed by atoms with E-state index in [4.69, 9.17) is 11.6 Å². The van der Waals surface area contributed by atoms with Crippen molar-refractivity contribution in [2.45, 2.75) is 0 Å². The Labute approximate surface area is 118 Å². The third-order valence-corrected chi connectivity index (χ3v) is 3.11. The molecule has 3 rings (SSSR count). The third kappa shape index (κ3) is 2.23.